The molecule has 1 aliphatic rings. The Morgan fingerprint density at radius 3 is 2.82 bits per heavy atom. The van der Waals surface area contributed by atoms with Crippen molar-refractivity contribution in [2.75, 3.05) is 7.11 Å². The molecule has 1 saturated carbocycles. The average molecular weight is 276 g/mol. The predicted molar refractivity (Wildman–Crippen MR) is 66.4 cm³/mol. The second kappa shape index (κ2) is 5.03. The summed E-state index contributed by atoms with van der Waals surface area (Å²) >= 11 is 1.37. The van der Waals surface area contributed by atoms with Crippen LogP contribution in [0.1, 0.15) is 17.7 Å². The van der Waals surface area contributed by atoms with Crippen molar-refractivity contribution >= 4 is 21.4 Å². The van der Waals surface area contributed by atoms with Crippen LogP contribution in [0.15, 0.2) is 16.3 Å². The van der Waals surface area contributed by atoms with Gasteiger partial charge in [-0.1, -0.05) is 0 Å². The first kappa shape index (κ1) is 13.0. The number of ether oxygens (including phenoxy) is 1. The van der Waals surface area contributed by atoms with E-state index in [1.54, 1.807) is 18.6 Å². The molecule has 96 valence electrons. The lowest BCUT2D eigenvalue weighted by atomic mass is 9.90. The van der Waals surface area contributed by atoms with Crippen LogP contribution in [0.5, 0.6) is 0 Å². The lowest BCUT2D eigenvalue weighted by Crippen LogP contribution is -2.47. The van der Waals surface area contributed by atoms with Gasteiger partial charge in [0.2, 0.25) is 10.0 Å². The highest BCUT2D eigenvalue weighted by Crippen LogP contribution is 2.25. The van der Waals surface area contributed by atoms with Gasteiger partial charge in [-0.3, -0.25) is 0 Å². The van der Waals surface area contributed by atoms with Crippen molar-refractivity contribution in [2.45, 2.75) is 36.4 Å². The van der Waals surface area contributed by atoms with Crippen LogP contribution in [-0.4, -0.2) is 27.7 Å². The van der Waals surface area contributed by atoms with Crippen LogP contribution in [-0.2, 0) is 21.3 Å². The molecule has 5 nitrogen and oxygen atoms in total. The average Bonchev–Trinajstić information content (AvgIpc) is 2.71. The highest BCUT2D eigenvalue weighted by atomic mass is 32.2. The van der Waals surface area contributed by atoms with E-state index in [0.29, 0.717) is 11.4 Å². The molecular formula is C10H16N2O3S2. The molecule has 0 saturated heterocycles. The Balaban J connectivity index is 1.99. The fourth-order valence-electron chi connectivity index (χ4n) is 1.75. The Kier molecular flexibility index (Phi) is 3.84. The van der Waals surface area contributed by atoms with Gasteiger partial charge in [0.05, 0.1) is 11.0 Å². The highest BCUT2D eigenvalue weighted by molar-refractivity contribution is 7.89. The number of sulfonamides is 1. The molecule has 1 aliphatic carbocycles. The van der Waals surface area contributed by atoms with Gasteiger partial charge in [-0.15, -0.1) is 11.3 Å². The smallest absolute Gasteiger partial charge is 0.241 e. The van der Waals surface area contributed by atoms with Crippen LogP contribution >= 0.6 is 11.3 Å². The summed E-state index contributed by atoms with van der Waals surface area (Å²) in [7, 11) is -1.75. The summed E-state index contributed by atoms with van der Waals surface area (Å²) in [6.07, 6.45) is 1.66. The Morgan fingerprint density at radius 2 is 2.29 bits per heavy atom. The van der Waals surface area contributed by atoms with Crippen LogP contribution in [0.3, 0.4) is 0 Å². The number of methoxy groups -OCH3 is 1. The van der Waals surface area contributed by atoms with Crippen molar-refractivity contribution in [3.8, 4) is 0 Å². The molecule has 0 bridgehead atoms. The van der Waals surface area contributed by atoms with Crippen LogP contribution in [0.4, 0.5) is 0 Å². The minimum Gasteiger partial charge on any atom is -0.381 e. The standard InChI is InChI=1S/C10H16N2O3S2/c1-15-8-2-7(3-8)12-17(13,14)10-4-9(5-11)16-6-10/h4,6-8,12H,2-3,5,11H2,1H3. The molecule has 1 heterocycles. The summed E-state index contributed by atoms with van der Waals surface area (Å²) in [5, 5.41) is 1.62. The Labute approximate surface area is 105 Å². The molecule has 0 radical (unpaired) electrons. The molecule has 0 atom stereocenters. The summed E-state index contributed by atoms with van der Waals surface area (Å²) in [5.41, 5.74) is 5.46. The molecule has 0 amide bonds. The van der Waals surface area contributed by atoms with Gasteiger partial charge in [0, 0.05) is 30.0 Å². The van der Waals surface area contributed by atoms with E-state index < -0.39 is 10.0 Å². The first-order valence-corrected chi connectivity index (χ1v) is 7.74. The third-order valence-electron chi connectivity index (χ3n) is 2.89. The number of thiophene rings is 1. The Bertz CT molecular complexity index is 477. The lowest BCUT2D eigenvalue weighted by molar-refractivity contribution is 0.0236. The van der Waals surface area contributed by atoms with Crippen molar-refractivity contribution in [1.82, 2.24) is 4.72 Å². The van der Waals surface area contributed by atoms with E-state index in [1.165, 1.54) is 11.3 Å². The van der Waals surface area contributed by atoms with Gasteiger partial charge >= 0.3 is 0 Å². The molecule has 0 spiro atoms. The number of nitrogens with one attached hydrogen (secondary N) is 1. The largest absolute Gasteiger partial charge is 0.381 e. The number of hydrogen-bond donors (Lipinski definition) is 2. The van der Waals surface area contributed by atoms with Crippen LogP contribution in [0, 0.1) is 0 Å². The monoisotopic (exact) mass is 276 g/mol. The zero-order valence-electron chi connectivity index (χ0n) is 9.55. The summed E-state index contributed by atoms with van der Waals surface area (Å²) in [6, 6.07) is 1.62. The fraction of sp³-hybridized carbons (Fsp3) is 0.600. The van der Waals surface area contributed by atoms with Crippen molar-refractivity contribution in [1.29, 1.82) is 0 Å². The van der Waals surface area contributed by atoms with E-state index >= 15 is 0 Å². The van der Waals surface area contributed by atoms with Gasteiger partial charge < -0.3 is 10.5 Å². The number of hydrogen-bond acceptors (Lipinski definition) is 5. The molecule has 1 aromatic heterocycles. The lowest BCUT2D eigenvalue weighted by Gasteiger charge is -2.34. The van der Waals surface area contributed by atoms with Crippen molar-refractivity contribution in [3.05, 3.63) is 16.3 Å². The van der Waals surface area contributed by atoms with Crippen molar-refractivity contribution in [2.24, 2.45) is 5.73 Å². The number of rotatable bonds is 5. The second-order valence-corrected chi connectivity index (χ2v) is 6.81. The molecule has 0 aliphatic heterocycles. The topological polar surface area (TPSA) is 81.4 Å². The summed E-state index contributed by atoms with van der Waals surface area (Å²) in [4.78, 5) is 1.18. The first-order valence-electron chi connectivity index (χ1n) is 5.37. The molecule has 2 rings (SSSR count). The van der Waals surface area contributed by atoms with E-state index in [2.05, 4.69) is 4.72 Å². The van der Waals surface area contributed by atoms with Crippen LogP contribution in [0.2, 0.25) is 0 Å². The van der Waals surface area contributed by atoms with Crippen LogP contribution in [0.25, 0.3) is 0 Å². The van der Waals surface area contributed by atoms with E-state index in [0.717, 1.165) is 17.7 Å². The third kappa shape index (κ3) is 2.86. The maximum absolute atomic E-state index is 12.0. The van der Waals surface area contributed by atoms with Gasteiger partial charge in [0.25, 0.3) is 0 Å². The first-order chi connectivity index (χ1) is 8.05. The molecule has 3 N–H and O–H groups in total. The molecule has 7 heteroatoms. The van der Waals surface area contributed by atoms with Gasteiger partial charge in [-0.05, 0) is 18.9 Å². The molecule has 17 heavy (non-hydrogen) atoms. The zero-order chi connectivity index (χ0) is 12.5. The van der Waals surface area contributed by atoms with E-state index in [9.17, 15) is 8.42 Å². The Morgan fingerprint density at radius 1 is 1.59 bits per heavy atom. The minimum absolute atomic E-state index is 0.00817. The van der Waals surface area contributed by atoms with Crippen molar-refractivity contribution < 1.29 is 13.2 Å². The molecular weight excluding hydrogens is 260 g/mol. The normalized spacial score (nSPS) is 24.6. The SMILES string of the molecule is COC1CC(NS(=O)(=O)c2csc(CN)c2)C1. The minimum atomic E-state index is -3.39. The van der Waals surface area contributed by atoms with Gasteiger partial charge in [0.1, 0.15) is 0 Å². The van der Waals surface area contributed by atoms with Crippen molar-refractivity contribution in [3.63, 3.8) is 0 Å². The zero-order valence-corrected chi connectivity index (χ0v) is 11.2. The van der Waals surface area contributed by atoms with Gasteiger partial charge in [0.15, 0.2) is 0 Å². The Hall–Kier alpha value is -0.470. The fourth-order valence-corrected chi connectivity index (χ4v) is 4.17. The van der Waals surface area contributed by atoms with Crippen LogP contribution < -0.4 is 10.5 Å². The summed E-state index contributed by atoms with van der Waals surface area (Å²) in [5.74, 6) is 0. The summed E-state index contributed by atoms with van der Waals surface area (Å²) < 4.78 is 31.7. The quantitative estimate of drug-likeness (QED) is 0.828. The van der Waals surface area contributed by atoms with E-state index in [4.69, 9.17) is 10.5 Å². The van der Waals surface area contributed by atoms with Gasteiger partial charge in [-0.25, -0.2) is 13.1 Å². The summed E-state index contributed by atoms with van der Waals surface area (Å²) in [6.45, 7) is 0.370. The maximum Gasteiger partial charge on any atom is 0.241 e. The highest BCUT2D eigenvalue weighted by Gasteiger charge is 2.32. The molecule has 0 unspecified atom stereocenters. The molecule has 1 aromatic rings. The predicted octanol–water partition coefficient (Wildman–Crippen LogP) is 0.663. The maximum atomic E-state index is 12.0. The van der Waals surface area contributed by atoms with Gasteiger partial charge in [-0.2, -0.15) is 0 Å². The molecule has 0 aromatic carbocycles. The molecule has 1 fully saturated rings. The van der Waals surface area contributed by atoms with E-state index in [-0.39, 0.29) is 12.1 Å². The second-order valence-electron chi connectivity index (χ2n) is 4.10. The van der Waals surface area contributed by atoms with E-state index in [1.807, 2.05) is 0 Å². The number of nitrogens with two attached hydrogens (primary N) is 1. The third-order valence-corrected chi connectivity index (χ3v) is 5.50.